The highest BCUT2D eigenvalue weighted by Gasteiger charge is 2.21. The molecular weight excluding hydrogens is 334 g/mol. The third kappa shape index (κ3) is 3.96. The number of halogens is 1. The first kappa shape index (κ1) is 15.8. The summed E-state index contributed by atoms with van der Waals surface area (Å²) < 4.78 is 24.4. The van der Waals surface area contributed by atoms with Crippen LogP contribution in [0.5, 0.6) is 0 Å². The molecule has 0 aliphatic carbocycles. The van der Waals surface area contributed by atoms with Gasteiger partial charge in [-0.15, -0.1) is 11.3 Å². The van der Waals surface area contributed by atoms with Crippen molar-refractivity contribution in [2.45, 2.75) is 4.90 Å². The van der Waals surface area contributed by atoms with Crippen molar-refractivity contribution >= 4 is 43.9 Å². The van der Waals surface area contributed by atoms with Gasteiger partial charge in [0.15, 0.2) is 9.84 Å². The molecule has 1 aromatic heterocycles. The van der Waals surface area contributed by atoms with Crippen LogP contribution in [0.1, 0.15) is 0 Å². The lowest BCUT2D eigenvalue weighted by molar-refractivity contribution is 0.202. The van der Waals surface area contributed by atoms with Gasteiger partial charge in [-0.1, -0.05) is 11.6 Å². The summed E-state index contributed by atoms with van der Waals surface area (Å²) in [6.45, 7) is -0.124. The first-order valence-corrected chi connectivity index (χ1v) is 8.83. The second-order valence-electron chi connectivity index (χ2n) is 4.16. The molecule has 8 heteroatoms. The second kappa shape index (κ2) is 6.46. The van der Waals surface area contributed by atoms with Gasteiger partial charge in [0.05, 0.1) is 10.6 Å². The summed E-state index contributed by atoms with van der Waals surface area (Å²) in [5.74, 6) is -0.293. The Labute approximate surface area is 131 Å². The summed E-state index contributed by atoms with van der Waals surface area (Å²) in [6, 6.07) is 9.14. The zero-order valence-corrected chi connectivity index (χ0v) is 13.2. The molecule has 21 heavy (non-hydrogen) atoms. The van der Waals surface area contributed by atoms with Crippen LogP contribution in [0, 0.1) is 0 Å². The lowest BCUT2D eigenvalue weighted by atomic mass is 10.4. The Hall–Kier alpha value is -1.57. The topological polar surface area (TPSA) is 74.7 Å². The fraction of sp³-hybridized carbons (Fsp3) is 0.154. The highest BCUT2D eigenvalue weighted by atomic mass is 35.5. The van der Waals surface area contributed by atoms with Crippen LogP contribution in [-0.4, -0.2) is 31.9 Å². The summed E-state index contributed by atoms with van der Waals surface area (Å²) in [7, 11) is -3.56. The molecule has 0 aliphatic heterocycles. The summed E-state index contributed by atoms with van der Waals surface area (Å²) >= 11 is 6.96. The molecule has 0 fully saturated rings. The third-order valence-electron chi connectivity index (χ3n) is 2.76. The van der Waals surface area contributed by atoms with Crippen molar-refractivity contribution < 1.29 is 18.3 Å². The first-order valence-electron chi connectivity index (χ1n) is 5.92. The minimum Gasteiger partial charge on any atom is -0.465 e. The first-order chi connectivity index (χ1) is 9.90. The maximum atomic E-state index is 12.2. The molecule has 2 aromatic rings. The van der Waals surface area contributed by atoms with Gasteiger partial charge in [0.1, 0.15) is 5.00 Å². The Morgan fingerprint density at radius 2 is 1.90 bits per heavy atom. The Balaban J connectivity index is 2.13. The van der Waals surface area contributed by atoms with Crippen molar-refractivity contribution in [3.63, 3.8) is 0 Å². The molecule has 0 atom stereocenters. The van der Waals surface area contributed by atoms with Crippen LogP contribution in [0.3, 0.4) is 0 Å². The zero-order chi connectivity index (χ0) is 15.5. The van der Waals surface area contributed by atoms with Gasteiger partial charge in [0, 0.05) is 11.6 Å². The van der Waals surface area contributed by atoms with E-state index in [1.807, 2.05) is 0 Å². The van der Waals surface area contributed by atoms with Crippen LogP contribution in [0.4, 0.5) is 9.80 Å². The van der Waals surface area contributed by atoms with Crippen molar-refractivity contribution in [1.82, 2.24) is 0 Å². The maximum Gasteiger partial charge on any atom is 0.412 e. The molecule has 1 amide bonds. The van der Waals surface area contributed by atoms with Crippen molar-refractivity contribution in [1.29, 1.82) is 0 Å². The molecule has 0 radical (unpaired) electrons. The molecular formula is C13H12ClNO4S2. The molecule has 0 spiro atoms. The van der Waals surface area contributed by atoms with Crippen LogP contribution in [0.2, 0.25) is 5.02 Å². The van der Waals surface area contributed by atoms with E-state index in [0.717, 1.165) is 4.90 Å². The molecule has 1 aromatic carbocycles. The van der Waals surface area contributed by atoms with Crippen LogP contribution in [0.15, 0.2) is 46.7 Å². The molecule has 0 saturated carbocycles. The van der Waals surface area contributed by atoms with E-state index >= 15 is 0 Å². The van der Waals surface area contributed by atoms with Gasteiger partial charge in [0.2, 0.25) is 0 Å². The summed E-state index contributed by atoms with van der Waals surface area (Å²) in [4.78, 5) is 12.4. The minimum absolute atomic E-state index is 0.124. The largest absolute Gasteiger partial charge is 0.465 e. The Morgan fingerprint density at radius 1 is 1.24 bits per heavy atom. The van der Waals surface area contributed by atoms with Gasteiger partial charge >= 0.3 is 6.09 Å². The smallest absolute Gasteiger partial charge is 0.412 e. The van der Waals surface area contributed by atoms with Gasteiger partial charge in [-0.2, -0.15) is 0 Å². The Bertz CT molecular complexity index is 711. The molecule has 0 unspecified atom stereocenters. The van der Waals surface area contributed by atoms with Gasteiger partial charge in [0.25, 0.3) is 0 Å². The van der Waals surface area contributed by atoms with Crippen molar-refractivity contribution in [2.24, 2.45) is 0 Å². The molecule has 1 N–H and O–H groups in total. The van der Waals surface area contributed by atoms with E-state index in [4.69, 9.17) is 16.7 Å². The fourth-order valence-corrected chi connectivity index (χ4v) is 3.78. The van der Waals surface area contributed by atoms with Crippen LogP contribution >= 0.6 is 22.9 Å². The van der Waals surface area contributed by atoms with Crippen molar-refractivity contribution in [3.05, 3.63) is 46.8 Å². The lowest BCUT2D eigenvalue weighted by Gasteiger charge is -2.17. The van der Waals surface area contributed by atoms with Crippen molar-refractivity contribution in [2.75, 3.05) is 17.2 Å². The van der Waals surface area contributed by atoms with E-state index in [9.17, 15) is 13.2 Å². The Morgan fingerprint density at radius 3 is 2.43 bits per heavy atom. The average Bonchev–Trinajstić information content (AvgIpc) is 2.93. The van der Waals surface area contributed by atoms with Crippen LogP contribution in [-0.2, 0) is 9.84 Å². The standard InChI is InChI=1S/C13H12ClNO4S2/c14-10-3-5-11(6-4-10)21(18,19)9-7-15(13(16)17)12-2-1-8-20-12/h1-6,8H,7,9H2,(H,16,17). The number of sulfone groups is 1. The maximum absolute atomic E-state index is 12.2. The molecule has 1 heterocycles. The van der Waals surface area contributed by atoms with Gasteiger partial charge in [-0.25, -0.2) is 13.2 Å². The zero-order valence-electron chi connectivity index (χ0n) is 10.8. The number of rotatable bonds is 5. The second-order valence-corrected chi connectivity index (χ2v) is 7.63. The van der Waals surface area contributed by atoms with Crippen LogP contribution in [0.25, 0.3) is 0 Å². The molecule has 0 saturated heterocycles. The quantitative estimate of drug-likeness (QED) is 0.901. The van der Waals surface area contributed by atoms with E-state index in [0.29, 0.717) is 10.0 Å². The summed E-state index contributed by atoms with van der Waals surface area (Å²) in [5, 5.41) is 11.8. The number of carboxylic acid groups (broad SMARTS) is 1. The minimum atomic E-state index is -3.56. The molecule has 2 rings (SSSR count). The number of thiophene rings is 1. The predicted molar refractivity (Wildman–Crippen MR) is 83.2 cm³/mol. The molecule has 112 valence electrons. The number of hydrogen-bond donors (Lipinski definition) is 1. The normalized spacial score (nSPS) is 11.3. The van der Waals surface area contributed by atoms with Gasteiger partial charge in [-0.05, 0) is 41.8 Å². The number of hydrogen-bond acceptors (Lipinski definition) is 4. The number of anilines is 1. The molecule has 0 bridgehead atoms. The lowest BCUT2D eigenvalue weighted by Crippen LogP contribution is -2.33. The van der Waals surface area contributed by atoms with E-state index in [2.05, 4.69) is 0 Å². The van der Waals surface area contributed by atoms with E-state index < -0.39 is 15.9 Å². The summed E-state index contributed by atoms with van der Waals surface area (Å²) in [5.41, 5.74) is 0. The van der Waals surface area contributed by atoms with Crippen molar-refractivity contribution in [3.8, 4) is 0 Å². The highest BCUT2D eigenvalue weighted by Crippen LogP contribution is 2.22. The molecule has 5 nitrogen and oxygen atoms in total. The SMILES string of the molecule is O=C(O)N(CCS(=O)(=O)c1ccc(Cl)cc1)c1cccs1. The van der Waals surface area contributed by atoms with E-state index in [1.165, 1.54) is 35.6 Å². The molecule has 0 aliphatic rings. The number of carbonyl (C=O) groups is 1. The van der Waals surface area contributed by atoms with Crippen LogP contribution < -0.4 is 4.90 Å². The average molecular weight is 346 g/mol. The number of nitrogens with zero attached hydrogens (tertiary/aromatic N) is 1. The highest BCUT2D eigenvalue weighted by molar-refractivity contribution is 7.91. The third-order valence-corrected chi connectivity index (χ3v) is 5.61. The van der Waals surface area contributed by atoms with Gasteiger partial charge in [-0.3, -0.25) is 4.90 Å². The number of benzene rings is 1. The van der Waals surface area contributed by atoms with E-state index in [1.54, 1.807) is 17.5 Å². The summed E-state index contributed by atoms with van der Waals surface area (Å²) in [6.07, 6.45) is -1.18. The Kier molecular flexibility index (Phi) is 4.87. The number of amides is 1. The monoisotopic (exact) mass is 345 g/mol. The fourth-order valence-electron chi connectivity index (χ4n) is 1.69. The predicted octanol–water partition coefficient (Wildman–Crippen LogP) is 3.36. The van der Waals surface area contributed by atoms with Gasteiger partial charge < -0.3 is 5.11 Å². The van der Waals surface area contributed by atoms with E-state index in [-0.39, 0.29) is 17.2 Å².